The van der Waals surface area contributed by atoms with Gasteiger partial charge in [-0.1, -0.05) is 12.1 Å². The highest BCUT2D eigenvalue weighted by Gasteiger charge is 2.02. The van der Waals surface area contributed by atoms with Crippen molar-refractivity contribution in [2.45, 2.75) is 20.8 Å². The standard InChI is InChI=1S/C18H18O3/c1-12-4-7-16(10-13(12)2)21-17-8-5-15(14(3)11-17)6-9-18(19)20/h4-11H,1-3H3,(H,19,20). The van der Waals surface area contributed by atoms with Crippen molar-refractivity contribution >= 4 is 12.0 Å². The van der Waals surface area contributed by atoms with Gasteiger partial charge in [0.15, 0.2) is 0 Å². The number of carboxylic acid groups (broad SMARTS) is 1. The Morgan fingerprint density at radius 1 is 0.952 bits per heavy atom. The molecule has 1 N–H and O–H groups in total. The molecule has 0 heterocycles. The third kappa shape index (κ3) is 3.96. The Labute approximate surface area is 124 Å². The smallest absolute Gasteiger partial charge is 0.328 e. The minimum absolute atomic E-state index is 0.739. The molecule has 2 rings (SSSR count). The topological polar surface area (TPSA) is 46.5 Å². The molecule has 0 aliphatic rings. The summed E-state index contributed by atoms with van der Waals surface area (Å²) >= 11 is 0. The molecule has 108 valence electrons. The lowest BCUT2D eigenvalue weighted by Gasteiger charge is -2.09. The van der Waals surface area contributed by atoms with Crippen LogP contribution in [0.25, 0.3) is 6.08 Å². The second kappa shape index (κ2) is 6.27. The van der Waals surface area contributed by atoms with E-state index in [0.717, 1.165) is 28.7 Å². The van der Waals surface area contributed by atoms with E-state index in [9.17, 15) is 4.79 Å². The van der Waals surface area contributed by atoms with Crippen LogP contribution in [-0.2, 0) is 4.79 Å². The highest BCUT2D eigenvalue weighted by molar-refractivity contribution is 5.85. The number of hydrogen-bond acceptors (Lipinski definition) is 2. The maximum absolute atomic E-state index is 10.5. The van der Waals surface area contributed by atoms with Gasteiger partial charge in [-0.3, -0.25) is 0 Å². The normalized spacial score (nSPS) is 10.8. The first-order valence-corrected chi connectivity index (χ1v) is 6.72. The average Bonchev–Trinajstić information content (AvgIpc) is 2.42. The van der Waals surface area contributed by atoms with Gasteiger partial charge in [-0.05, 0) is 73.4 Å². The minimum Gasteiger partial charge on any atom is -0.478 e. The van der Waals surface area contributed by atoms with Gasteiger partial charge in [-0.15, -0.1) is 0 Å². The van der Waals surface area contributed by atoms with E-state index in [4.69, 9.17) is 9.84 Å². The van der Waals surface area contributed by atoms with Gasteiger partial charge in [0, 0.05) is 6.08 Å². The summed E-state index contributed by atoms with van der Waals surface area (Å²) in [6.45, 7) is 6.04. The molecule has 2 aromatic carbocycles. The zero-order valence-corrected chi connectivity index (χ0v) is 12.4. The zero-order valence-electron chi connectivity index (χ0n) is 12.4. The third-order valence-electron chi connectivity index (χ3n) is 3.36. The van der Waals surface area contributed by atoms with Crippen LogP contribution in [0.15, 0.2) is 42.5 Å². The molecule has 2 aromatic rings. The van der Waals surface area contributed by atoms with Crippen molar-refractivity contribution in [2.75, 3.05) is 0 Å². The first-order valence-electron chi connectivity index (χ1n) is 6.72. The van der Waals surface area contributed by atoms with Crippen LogP contribution in [-0.4, -0.2) is 11.1 Å². The molecule has 0 unspecified atom stereocenters. The van der Waals surface area contributed by atoms with Crippen LogP contribution in [0.3, 0.4) is 0 Å². The Hall–Kier alpha value is -2.55. The summed E-state index contributed by atoms with van der Waals surface area (Å²) in [5.41, 5.74) is 4.25. The van der Waals surface area contributed by atoms with Crippen LogP contribution in [0.5, 0.6) is 11.5 Å². The molecule has 3 nitrogen and oxygen atoms in total. The number of benzene rings is 2. The molecular weight excluding hydrogens is 264 g/mol. The number of carboxylic acids is 1. The fourth-order valence-electron chi connectivity index (χ4n) is 1.97. The van der Waals surface area contributed by atoms with Crippen LogP contribution in [0, 0.1) is 20.8 Å². The van der Waals surface area contributed by atoms with Crippen molar-refractivity contribution in [2.24, 2.45) is 0 Å². The van der Waals surface area contributed by atoms with Gasteiger partial charge >= 0.3 is 5.97 Å². The molecule has 21 heavy (non-hydrogen) atoms. The van der Waals surface area contributed by atoms with Crippen LogP contribution >= 0.6 is 0 Å². The Morgan fingerprint density at radius 2 is 1.57 bits per heavy atom. The Balaban J connectivity index is 2.20. The monoisotopic (exact) mass is 282 g/mol. The lowest BCUT2D eigenvalue weighted by molar-refractivity contribution is -0.131. The van der Waals surface area contributed by atoms with E-state index < -0.39 is 5.97 Å². The maximum Gasteiger partial charge on any atom is 0.328 e. The zero-order chi connectivity index (χ0) is 15.4. The van der Waals surface area contributed by atoms with Crippen molar-refractivity contribution in [1.29, 1.82) is 0 Å². The van der Waals surface area contributed by atoms with Crippen LogP contribution in [0.2, 0.25) is 0 Å². The molecule has 0 radical (unpaired) electrons. The maximum atomic E-state index is 10.5. The first kappa shape index (κ1) is 14.9. The summed E-state index contributed by atoms with van der Waals surface area (Å²) in [4.78, 5) is 10.5. The van der Waals surface area contributed by atoms with Gasteiger partial charge in [0.2, 0.25) is 0 Å². The van der Waals surface area contributed by atoms with Crippen LogP contribution in [0.4, 0.5) is 0 Å². The number of aryl methyl sites for hydroxylation is 3. The van der Waals surface area contributed by atoms with E-state index in [1.54, 1.807) is 6.08 Å². The predicted molar refractivity (Wildman–Crippen MR) is 83.8 cm³/mol. The SMILES string of the molecule is Cc1ccc(Oc2ccc(C=CC(=O)O)c(C)c2)cc1C. The van der Waals surface area contributed by atoms with Crippen LogP contribution < -0.4 is 4.74 Å². The quantitative estimate of drug-likeness (QED) is 0.840. The van der Waals surface area contributed by atoms with Crippen LogP contribution in [0.1, 0.15) is 22.3 Å². The summed E-state index contributed by atoms with van der Waals surface area (Å²) < 4.78 is 5.84. The summed E-state index contributed by atoms with van der Waals surface area (Å²) in [6.07, 6.45) is 2.71. The van der Waals surface area contributed by atoms with Crippen molar-refractivity contribution in [3.05, 3.63) is 64.7 Å². The number of ether oxygens (including phenoxy) is 1. The fraction of sp³-hybridized carbons (Fsp3) is 0.167. The van der Waals surface area contributed by atoms with Crippen molar-refractivity contribution < 1.29 is 14.6 Å². The predicted octanol–water partition coefficient (Wildman–Crippen LogP) is 4.50. The Bertz CT molecular complexity index is 700. The van der Waals surface area contributed by atoms with Crippen molar-refractivity contribution in [3.8, 4) is 11.5 Å². The molecule has 0 bridgehead atoms. The van der Waals surface area contributed by atoms with E-state index in [2.05, 4.69) is 6.92 Å². The molecule has 0 atom stereocenters. The van der Waals surface area contributed by atoms with E-state index in [1.807, 2.05) is 50.2 Å². The number of carbonyl (C=O) groups is 1. The molecule has 3 heteroatoms. The summed E-state index contributed by atoms with van der Waals surface area (Å²) in [6, 6.07) is 11.6. The molecular formula is C18H18O3. The highest BCUT2D eigenvalue weighted by Crippen LogP contribution is 2.26. The summed E-state index contributed by atoms with van der Waals surface area (Å²) in [5.74, 6) is 0.583. The highest BCUT2D eigenvalue weighted by atomic mass is 16.5. The molecule has 0 fully saturated rings. The van der Waals surface area contributed by atoms with Gasteiger partial charge in [0.1, 0.15) is 11.5 Å². The summed E-state index contributed by atoms with van der Waals surface area (Å²) in [5, 5.41) is 8.65. The number of rotatable bonds is 4. The average molecular weight is 282 g/mol. The molecule has 0 aliphatic carbocycles. The van der Waals surface area contributed by atoms with Crippen molar-refractivity contribution in [1.82, 2.24) is 0 Å². The lowest BCUT2D eigenvalue weighted by atomic mass is 10.1. The van der Waals surface area contributed by atoms with E-state index in [-0.39, 0.29) is 0 Å². The lowest BCUT2D eigenvalue weighted by Crippen LogP contribution is -1.90. The molecule has 0 amide bonds. The summed E-state index contributed by atoms with van der Waals surface area (Å²) in [7, 11) is 0. The molecule has 0 aromatic heterocycles. The van der Waals surface area contributed by atoms with E-state index in [0.29, 0.717) is 0 Å². The minimum atomic E-state index is -0.954. The number of hydrogen-bond donors (Lipinski definition) is 1. The Kier molecular flexibility index (Phi) is 4.43. The second-order valence-electron chi connectivity index (χ2n) is 5.04. The van der Waals surface area contributed by atoms with Gasteiger partial charge in [0.05, 0.1) is 0 Å². The van der Waals surface area contributed by atoms with E-state index in [1.165, 1.54) is 11.1 Å². The largest absolute Gasteiger partial charge is 0.478 e. The molecule has 0 aliphatic heterocycles. The Morgan fingerprint density at radius 3 is 2.14 bits per heavy atom. The molecule has 0 spiro atoms. The van der Waals surface area contributed by atoms with Gasteiger partial charge < -0.3 is 9.84 Å². The van der Waals surface area contributed by atoms with Crippen molar-refractivity contribution in [3.63, 3.8) is 0 Å². The second-order valence-corrected chi connectivity index (χ2v) is 5.04. The fourth-order valence-corrected chi connectivity index (χ4v) is 1.97. The van der Waals surface area contributed by atoms with Gasteiger partial charge in [-0.25, -0.2) is 4.79 Å². The molecule has 0 saturated carbocycles. The van der Waals surface area contributed by atoms with E-state index >= 15 is 0 Å². The first-order chi connectivity index (χ1) is 9.95. The van der Waals surface area contributed by atoms with Gasteiger partial charge in [-0.2, -0.15) is 0 Å². The third-order valence-corrected chi connectivity index (χ3v) is 3.36. The number of aliphatic carboxylic acids is 1. The molecule has 0 saturated heterocycles. The van der Waals surface area contributed by atoms with Gasteiger partial charge in [0.25, 0.3) is 0 Å².